The molecule has 2 atom stereocenters. The number of piperidine rings is 1. The van der Waals surface area contributed by atoms with Gasteiger partial charge in [0.25, 0.3) is 0 Å². The summed E-state index contributed by atoms with van der Waals surface area (Å²) in [5.74, 6) is 1.76. The Morgan fingerprint density at radius 2 is 1.92 bits per heavy atom. The maximum absolute atomic E-state index is 11.2. The van der Waals surface area contributed by atoms with Gasteiger partial charge in [0.05, 0.1) is 0 Å². The van der Waals surface area contributed by atoms with E-state index in [0.717, 1.165) is 24.9 Å². The van der Waals surface area contributed by atoms with Gasteiger partial charge in [-0.05, 0) is 31.8 Å². The molecule has 0 aromatic carbocycles. The van der Waals surface area contributed by atoms with Crippen molar-refractivity contribution >= 4 is 5.91 Å². The van der Waals surface area contributed by atoms with Gasteiger partial charge in [-0.3, -0.25) is 4.79 Å². The highest BCUT2D eigenvalue weighted by Crippen LogP contribution is 2.30. The first-order chi connectivity index (χ1) is 6.16. The van der Waals surface area contributed by atoms with Gasteiger partial charge < -0.3 is 9.80 Å². The first kappa shape index (κ1) is 9.00. The summed E-state index contributed by atoms with van der Waals surface area (Å²) in [7, 11) is 2.17. The molecule has 2 fully saturated rings. The van der Waals surface area contributed by atoms with E-state index < -0.39 is 0 Å². The molecule has 2 heterocycles. The normalized spacial score (nSPS) is 34.8. The molecule has 0 aromatic rings. The number of amides is 1. The molecule has 2 aliphatic heterocycles. The van der Waals surface area contributed by atoms with E-state index in [4.69, 9.17) is 0 Å². The lowest BCUT2D eigenvalue weighted by Crippen LogP contribution is -2.37. The molecule has 2 unspecified atom stereocenters. The fourth-order valence-corrected chi connectivity index (χ4v) is 2.61. The van der Waals surface area contributed by atoms with Crippen LogP contribution >= 0.6 is 0 Å². The maximum Gasteiger partial charge on any atom is 0.219 e. The number of fused-ring (bicyclic) bond motifs is 1. The molecule has 0 saturated carbocycles. The van der Waals surface area contributed by atoms with Crippen LogP contribution in [0.25, 0.3) is 0 Å². The van der Waals surface area contributed by atoms with Gasteiger partial charge in [-0.1, -0.05) is 0 Å². The second-order valence-electron chi connectivity index (χ2n) is 4.50. The second-order valence-corrected chi connectivity index (χ2v) is 4.50. The van der Waals surface area contributed by atoms with Crippen LogP contribution in [-0.2, 0) is 4.79 Å². The molecule has 0 aromatic heterocycles. The van der Waals surface area contributed by atoms with E-state index in [-0.39, 0.29) is 5.91 Å². The summed E-state index contributed by atoms with van der Waals surface area (Å²) in [6.45, 7) is 6.06. The third-order valence-corrected chi connectivity index (χ3v) is 3.45. The van der Waals surface area contributed by atoms with Crippen molar-refractivity contribution in [1.82, 2.24) is 9.80 Å². The van der Waals surface area contributed by atoms with Crippen molar-refractivity contribution in [2.75, 3.05) is 33.2 Å². The van der Waals surface area contributed by atoms with E-state index in [2.05, 4.69) is 11.9 Å². The van der Waals surface area contributed by atoms with Gasteiger partial charge in [-0.25, -0.2) is 0 Å². The highest BCUT2D eigenvalue weighted by atomic mass is 16.2. The van der Waals surface area contributed by atoms with E-state index in [9.17, 15) is 4.79 Å². The zero-order valence-corrected chi connectivity index (χ0v) is 8.49. The molecule has 2 saturated heterocycles. The van der Waals surface area contributed by atoms with E-state index in [0.29, 0.717) is 0 Å². The predicted molar refractivity (Wildman–Crippen MR) is 51.3 cm³/mol. The number of hydrogen-bond donors (Lipinski definition) is 0. The fourth-order valence-electron chi connectivity index (χ4n) is 2.61. The standard InChI is InChI=1S/C10H18N2O/c1-8(13)12-6-9-3-4-11(2)5-10(9)7-12/h9-10H,3-7H2,1-2H3. The van der Waals surface area contributed by atoms with Crippen molar-refractivity contribution in [1.29, 1.82) is 0 Å². The summed E-state index contributed by atoms with van der Waals surface area (Å²) in [4.78, 5) is 15.6. The SMILES string of the molecule is CC(=O)N1CC2CCN(C)CC2C1. The van der Waals surface area contributed by atoms with Gasteiger partial charge in [0, 0.05) is 26.6 Å². The smallest absolute Gasteiger partial charge is 0.219 e. The lowest BCUT2D eigenvalue weighted by Gasteiger charge is -2.31. The Morgan fingerprint density at radius 1 is 1.23 bits per heavy atom. The quantitative estimate of drug-likeness (QED) is 0.542. The van der Waals surface area contributed by atoms with Crippen LogP contribution in [0.1, 0.15) is 13.3 Å². The van der Waals surface area contributed by atoms with Crippen LogP contribution in [0.5, 0.6) is 0 Å². The molecule has 0 aliphatic carbocycles. The molecular weight excluding hydrogens is 164 g/mol. The van der Waals surface area contributed by atoms with Gasteiger partial charge in [-0.15, -0.1) is 0 Å². The number of carbonyl (C=O) groups is 1. The summed E-state index contributed by atoms with van der Waals surface area (Å²) < 4.78 is 0. The van der Waals surface area contributed by atoms with E-state index in [1.54, 1.807) is 6.92 Å². The Bertz CT molecular complexity index is 217. The number of carbonyl (C=O) groups excluding carboxylic acids is 1. The molecular formula is C10H18N2O. The summed E-state index contributed by atoms with van der Waals surface area (Å²) in [6.07, 6.45) is 1.27. The van der Waals surface area contributed by atoms with Crippen LogP contribution in [0, 0.1) is 11.8 Å². The van der Waals surface area contributed by atoms with Crippen molar-refractivity contribution in [3.8, 4) is 0 Å². The molecule has 2 aliphatic rings. The molecule has 3 heteroatoms. The topological polar surface area (TPSA) is 23.6 Å². The summed E-state index contributed by atoms with van der Waals surface area (Å²) in [5.41, 5.74) is 0. The van der Waals surface area contributed by atoms with Crippen molar-refractivity contribution in [2.45, 2.75) is 13.3 Å². The van der Waals surface area contributed by atoms with Crippen molar-refractivity contribution < 1.29 is 4.79 Å². The second kappa shape index (κ2) is 3.29. The van der Waals surface area contributed by atoms with Gasteiger partial charge >= 0.3 is 0 Å². The number of nitrogens with zero attached hydrogens (tertiary/aromatic N) is 2. The summed E-state index contributed by atoms with van der Waals surface area (Å²) >= 11 is 0. The maximum atomic E-state index is 11.2. The molecule has 2 rings (SSSR count). The minimum Gasteiger partial charge on any atom is -0.342 e. The minimum atomic E-state index is 0.247. The molecule has 0 bridgehead atoms. The average molecular weight is 182 g/mol. The summed E-state index contributed by atoms with van der Waals surface area (Å²) in [6, 6.07) is 0. The Balaban J connectivity index is 1.98. The van der Waals surface area contributed by atoms with Gasteiger partial charge in [0.2, 0.25) is 5.91 Å². The molecule has 74 valence electrons. The summed E-state index contributed by atoms with van der Waals surface area (Å²) in [5, 5.41) is 0. The van der Waals surface area contributed by atoms with Gasteiger partial charge in [0.1, 0.15) is 0 Å². The van der Waals surface area contributed by atoms with Crippen molar-refractivity contribution in [3.05, 3.63) is 0 Å². The van der Waals surface area contributed by atoms with Crippen LogP contribution in [-0.4, -0.2) is 48.9 Å². The Morgan fingerprint density at radius 3 is 2.62 bits per heavy atom. The lowest BCUT2D eigenvalue weighted by atomic mass is 9.89. The minimum absolute atomic E-state index is 0.247. The number of rotatable bonds is 0. The zero-order chi connectivity index (χ0) is 9.42. The monoisotopic (exact) mass is 182 g/mol. The number of hydrogen-bond acceptors (Lipinski definition) is 2. The van der Waals surface area contributed by atoms with Crippen molar-refractivity contribution in [3.63, 3.8) is 0 Å². The Labute approximate surface area is 79.7 Å². The third kappa shape index (κ3) is 1.70. The number of likely N-dealkylation sites (tertiary alicyclic amines) is 2. The van der Waals surface area contributed by atoms with Crippen LogP contribution in [0.3, 0.4) is 0 Å². The van der Waals surface area contributed by atoms with Crippen LogP contribution < -0.4 is 0 Å². The van der Waals surface area contributed by atoms with E-state index in [1.807, 2.05) is 4.90 Å². The molecule has 0 radical (unpaired) electrons. The zero-order valence-electron chi connectivity index (χ0n) is 8.49. The predicted octanol–water partition coefficient (Wildman–Crippen LogP) is 0.416. The van der Waals surface area contributed by atoms with Gasteiger partial charge in [-0.2, -0.15) is 0 Å². The molecule has 13 heavy (non-hydrogen) atoms. The van der Waals surface area contributed by atoms with E-state index >= 15 is 0 Å². The third-order valence-electron chi connectivity index (χ3n) is 3.45. The highest BCUT2D eigenvalue weighted by Gasteiger charge is 2.36. The van der Waals surface area contributed by atoms with Gasteiger partial charge in [0.15, 0.2) is 0 Å². The van der Waals surface area contributed by atoms with Crippen molar-refractivity contribution in [2.24, 2.45) is 11.8 Å². The fraction of sp³-hybridized carbons (Fsp3) is 0.900. The Kier molecular flexibility index (Phi) is 2.28. The molecule has 1 amide bonds. The van der Waals surface area contributed by atoms with Crippen LogP contribution in [0.15, 0.2) is 0 Å². The largest absolute Gasteiger partial charge is 0.342 e. The first-order valence-electron chi connectivity index (χ1n) is 5.11. The highest BCUT2D eigenvalue weighted by molar-refractivity contribution is 5.73. The molecule has 0 N–H and O–H groups in total. The molecule has 3 nitrogen and oxygen atoms in total. The van der Waals surface area contributed by atoms with E-state index in [1.165, 1.54) is 19.5 Å². The van der Waals surface area contributed by atoms with Crippen LogP contribution in [0.4, 0.5) is 0 Å². The van der Waals surface area contributed by atoms with Crippen LogP contribution in [0.2, 0.25) is 0 Å². The average Bonchev–Trinajstić information content (AvgIpc) is 2.46. The molecule has 0 spiro atoms. The lowest BCUT2D eigenvalue weighted by molar-refractivity contribution is -0.128. The first-order valence-corrected chi connectivity index (χ1v) is 5.11. The Hall–Kier alpha value is -0.570.